The van der Waals surface area contributed by atoms with Gasteiger partial charge in [-0.15, -0.1) is 0 Å². The Hall–Kier alpha value is -3.78. The lowest BCUT2D eigenvalue weighted by Crippen LogP contribution is -2.36. The van der Waals surface area contributed by atoms with Crippen LogP contribution in [0.2, 0.25) is 5.02 Å². The van der Waals surface area contributed by atoms with Crippen molar-refractivity contribution >= 4 is 40.1 Å². The van der Waals surface area contributed by atoms with Gasteiger partial charge in [0.2, 0.25) is 5.91 Å². The number of piperidine rings is 1. The van der Waals surface area contributed by atoms with Gasteiger partial charge in [-0.25, -0.2) is 4.79 Å². The van der Waals surface area contributed by atoms with Gasteiger partial charge < -0.3 is 25.0 Å². The highest BCUT2D eigenvalue weighted by molar-refractivity contribution is 6.33. The minimum Gasteiger partial charge on any atom is -0.491 e. The maximum Gasteiger partial charge on any atom is 0.319 e. The van der Waals surface area contributed by atoms with E-state index in [1.807, 2.05) is 30.9 Å². The molecule has 39 heavy (non-hydrogen) atoms. The summed E-state index contributed by atoms with van der Waals surface area (Å²) in [6.07, 6.45) is 6.75. The zero-order valence-electron chi connectivity index (χ0n) is 22.2. The molecule has 2 N–H and O–H groups in total. The van der Waals surface area contributed by atoms with Crippen molar-refractivity contribution in [1.29, 1.82) is 0 Å². The number of carbonyl (C=O) groups excluding carboxylic acids is 2. The summed E-state index contributed by atoms with van der Waals surface area (Å²) in [6.45, 7) is 8.96. The van der Waals surface area contributed by atoms with Gasteiger partial charge in [0.15, 0.2) is 0 Å². The summed E-state index contributed by atoms with van der Waals surface area (Å²) in [4.78, 5) is 30.6. The molecule has 1 saturated heterocycles. The van der Waals surface area contributed by atoms with Crippen molar-refractivity contribution < 1.29 is 19.1 Å². The SMILES string of the molecule is C=CC(=O)N1CCC(c2cc3c(Oc4ccc(NC(=O)NC5CC5)c(Cl)c4)ccnc3cc2OC(C)C)CC1. The number of ether oxygens (including phenoxy) is 2. The van der Waals surface area contributed by atoms with E-state index in [1.165, 1.54) is 6.08 Å². The number of fused-ring (bicyclic) bond motifs is 1. The number of nitrogens with zero attached hydrogens (tertiary/aromatic N) is 2. The molecule has 0 bridgehead atoms. The van der Waals surface area contributed by atoms with E-state index in [-0.39, 0.29) is 30.0 Å². The van der Waals surface area contributed by atoms with Crippen molar-refractivity contribution in [3.63, 3.8) is 0 Å². The van der Waals surface area contributed by atoms with E-state index >= 15 is 0 Å². The standard InChI is InChI=1S/C30H33ClN4O4/c1-4-29(36)35-13-10-19(11-14-35)22-16-23-26(17-28(22)38-18(2)3)32-12-9-27(23)39-21-7-8-25(24(31)15-21)34-30(37)33-20-5-6-20/h4,7-9,12,15-20H,1,5-6,10-11,13-14H2,2-3H3,(H2,33,34,37). The van der Waals surface area contributed by atoms with Crippen LogP contribution >= 0.6 is 11.6 Å². The Labute approximate surface area is 233 Å². The number of pyridine rings is 1. The van der Waals surface area contributed by atoms with Gasteiger partial charge in [-0.05, 0) is 81.4 Å². The van der Waals surface area contributed by atoms with Gasteiger partial charge in [-0.1, -0.05) is 18.2 Å². The number of nitrogens with one attached hydrogen (secondary N) is 2. The summed E-state index contributed by atoms with van der Waals surface area (Å²) < 4.78 is 12.5. The second-order valence-corrected chi connectivity index (χ2v) is 10.7. The largest absolute Gasteiger partial charge is 0.491 e. The van der Waals surface area contributed by atoms with E-state index < -0.39 is 0 Å². The number of hydrogen-bond acceptors (Lipinski definition) is 5. The lowest BCUT2D eigenvalue weighted by Gasteiger charge is -2.32. The van der Waals surface area contributed by atoms with E-state index in [0.29, 0.717) is 35.3 Å². The lowest BCUT2D eigenvalue weighted by atomic mass is 9.87. The molecule has 0 unspecified atom stereocenters. The number of halogens is 1. The molecule has 1 saturated carbocycles. The summed E-state index contributed by atoms with van der Waals surface area (Å²) in [6, 6.07) is 11.1. The van der Waals surface area contributed by atoms with Crippen LogP contribution in [0.1, 0.15) is 51.0 Å². The minimum absolute atomic E-state index is 0.00341. The number of urea groups is 1. The van der Waals surface area contributed by atoms with E-state index in [0.717, 1.165) is 47.9 Å². The predicted octanol–water partition coefficient (Wildman–Crippen LogP) is 6.64. The quantitative estimate of drug-likeness (QED) is 0.308. The fourth-order valence-corrected chi connectivity index (χ4v) is 5.05. The van der Waals surface area contributed by atoms with Gasteiger partial charge in [-0.3, -0.25) is 9.78 Å². The molecular formula is C30H33ClN4O4. The summed E-state index contributed by atoms with van der Waals surface area (Å²) in [5.41, 5.74) is 2.35. The molecule has 2 heterocycles. The third kappa shape index (κ3) is 6.45. The molecule has 1 aliphatic heterocycles. The Morgan fingerprint density at radius 2 is 1.87 bits per heavy atom. The summed E-state index contributed by atoms with van der Waals surface area (Å²) in [7, 11) is 0. The maximum atomic E-state index is 12.1. The lowest BCUT2D eigenvalue weighted by molar-refractivity contribution is -0.127. The number of aromatic nitrogens is 1. The predicted molar refractivity (Wildman–Crippen MR) is 153 cm³/mol. The first-order chi connectivity index (χ1) is 18.8. The zero-order chi connectivity index (χ0) is 27.5. The number of likely N-dealkylation sites (tertiary alicyclic amines) is 1. The third-order valence-corrected chi connectivity index (χ3v) is 7.26. The molecule has 3 aromatic rings. The molecule has 0 spiro atoms. The maximum absolute atomic E-state index is 12.1. The molecule has 8 nitrogen and oxygen atoms in total. The monoisotopic (exact) mass is 548 g/mol. The van der Waals surface area contributed by atoms with Crippen LogP contribution in [0.3, 0.4) is 0 Å². The van der Waals surface area contributed by atoms with E-state index in [2.05, 4.69) is 28.3 Å². The van der Waals surface area contributed by atoms with Gasteiger partial charge in [-0.2, -0.15) is 0 Å². The van der Waals surface area contributed by atoms with E-state index in [4.69, 9.17) is 21.1 Å². The van der Waals surface area contributed by atoms with Gasteiger partial charge in [0.1, 0.15) is 17.2 Å². The molecule has 204 valence electrons. The van der Waals surface area contributed by atoms with Crippen molar-refractivity contribution in [3.05, 3.63) is 65.8 Å². The van der Waals surface area contributed by atoms with Crippen molar-refractivity contribution in [3.8, 4) is 17.2 Å². The van der Waals surface area contributed by atoms with Crippen LogP contribution in [0.15, 0.2) is 55.3 Å². The molecule has 2 fully saturated rings. The molecule has 0 radical (unpaired) electrons. The Morgan fingerprint density at radius 3 is 2.54 bits per heavy atom. The fraction of sp³-hybridized carbons (Fsp3) is 0.367. The molecule has 3 amide bonds. The first-order valence-electron chi connectivity index (χ1n) is 13.4. The summed E-state index contributed by atoms with van der Waals surface area (Å²) in [5, 5.41) is 6.91. The topological polar surface area (TPSA) is 92.8 Å². The Morgan fingerprint density at radius 1 is 1.10 bits per heavy atom. The van der Waals surface area contributed by atoms with Crippen LogP contribution in [-0.2, 0) is 4.79 Å². The molecule has 9 heteroatoms. The van der Waals surface area contributed by atoms with Crippen molar-refractivity contribution in [1.82, 2.24) is 15.2 Å². The first-order valence-corrected chi connectivity index (χ1v) is 13.7. The fourth-order valence-electron chi connectivity index (χ4n) is 4.83. The molecule has 2 aromatic carbocycles. The second-order valence-electron chi connectivity index (χ2n) is 10.3. The van der Waals surface area contributed by atoms with Crippen LogP contribution in [0.25, 0.3) is 10.9 Å². The summed E-state index contributed by atoms with van der Waals surface area (Å²) >= 11 is 6.47. The van der Waals surface area contributed by atoms with Gasteiger partial charge in [0.25, 0.3) is 0 Å². The van der Waals surface area contributed by atoms with Crippen LogP contribution in [0.5, 0.6) is 17.2 Å². The van der Waals surface area contributed by atoms with Gasteiger partial charge in [0, 0.05) is 42.8 Å². The average Bonchev–Trinajstić information content (AvgIpc) is 3.73. The zero-order valence-corrected chi connectivity index (χ0v) is 23.0. The first kappa shape index (κ1) is 26.8. The minimum atomic E-state index is -0.264. The highest BCUT2D eigenvalue weighted by Crippen LogP contribution is 2.40. The van der Waals surface area contributed by atoms with Crippen molar-refractivity contribution in [2.45, 2.75) is 57.6 Å². The van der Waals surface area contributed by atoms with E-state index in [9.17, 15) is 9.59 Å². The molecule has 2 aliphatic rings. The molecule has 0 atom stereocenters. The van der Waals surface area contributed by atoms with Crippen LogP contribution in [0, 0.1) is 0 Å². The molecule has 5 rings (SSSR count). The molecular weight excluding hydrogens is 516 g/mol. The Balaban J connectivity index is 1.41. The van der Waals surface area contributed by atoms with Crippen LogP contribution < -0.4 is 20.1 Å². The third-order valence-electron chi connectivity index (χ3n) is 6.95. The number of benzene rings is 2. The highest BCUT2D eigenvalue weighted by atomic mass is 35.5. The van der Waals surface area contributed by atoms with Gasteiger partial charge >= 0.3 is 6.03 Å². The van der Waals surface area contributed by atoms with E-state index in [1.54, 1.807) is 24.4 Å². The van der Waals surface area contributed by atoms with Crippen molar-refractivity contribution in [2.75, 3.05) is 18.4 Å². The summed E-state index contributed by atoms with van der Waals surface area (Å²) in [5.74, 6) is 2.18. The number of hydrogen-bond donors (Lipinski definition) is 2. The van der Waals surface area contributed by atoms with Crippen molar-refractivity contribution in [2.24, 2.45) is 0 Å². The number of anilines is 1. The van der Waals surface area contributed by atoms with Crippen LogP contribution in [-0.4, -0.2) is 47.1 Å². The smallest absolute Gasteiger partial charge is 0.319 e. The van der Waals surface area contributed by atoms with Crippen LogP contribution in [0.4, 0.5) is 10.5 Å². The van der Waals surface area contributed by atoms with Gasteiger partial charge in [0.05, 0.1) is 22.3 Å². The normalized spacial score (nSPS) is 15.7. The highest BCUT2D eigenvalue weighted by Gasteiger charge is 2.26. The molecule has 1 aliphatic carbocycles. The second kappa shape index (κ2) is 11.5. The number of carbonyl (C=O) groups is 2. The average molecular weight is 549 g/mol. The number of amides is 3. The Bertz CT molecular complexity index is 1400. The molecule has 1 aromatic heterocycles. The number of rotatable bonds is 8. The Kier molecular flexibility index (Phi) is 7.93.